The minimum Gasteiger partial charge on any atom is -0.380 e. The van der Waals surface area contributed by atoms with Crippen LogP contribution in [-0.2, 0) is 11.3 Å². The molecule has 1 N–H and O–H groups in total. The standard InChI is InChI=1S/C13H22N2O/c1-12(2)5-9-16-10-8-15-11-13-3-6-14-7-4-13/h3-4,6-7,12,15H,5,8-11H2,1-2H3. The fourth-order valence-corrected chi connectivity index (χ4v) is 1.30. The number of ether oxygens (including phenoxy) is 1. The second kappa shape index (κ2) is 8.25. The molecule has 3 nitrogen and oxygen atoms in total. The Bertz CT molecular complexity index is 262. The van der Waals surface area contributed by atoms with E-state index in [2.05, 4.69) is 24.1 Å². The summed E-state index contributed by atoms with van der Waals surface area (Å²) in [6.45, 7) is 7.87. The fourth-order valence-electron chi connectivity index (χ4n) is 1.30. The zero-order valence-corrected chi connectivity index (χ0v) is 10.3. The molecule has 0 aliphatic heterocycles. The first-order valence-corrected chi connectivity index (χ1v) is 5.96. The molecule has 0 bridgehead atoms. The minimum atomic E-state index is 0.727. The van der Waals surface area contributed by atoms with Crippen LogP contribution in [0.2, 0.25) is 0 Å². The summed E-state index contributed by atoms with van der Waals surface area (Å²) in [4.78, 5) is 3.98. The van der Waals surface area contributed by atoms with E-state index in [-0.39, 0.29) is 0 Å². The minimum absolute atomic E-state index is 0.727. The van der Waals surface area contributed by atoms with Crippen LogP contribution < -0.4 is 5.32 Å². The third-order valence-corrected chi connectivity index (χ3v) is 2.34. The lowest BCUT2D eigenvalue weighted by Crippen LogP contribution is -2.19. The third-order valence-electron chi connectivity index (χ3n) is 2.34. The Balaban J connectivity index is 1.93. The molecular formula is C13H22N2O. The van der Waals surface area contributed by atoms with Crippen LogP contribution in [-0.4, -0.2) is 24.7 Å². The lowest BCUT2D eigenvalue weighted by Gasteiger charge is -2.07. The molecule has 0 aliphatic carbocycles. The van der Waals surface area contributed by atoms with Gasteiger partial charge >= 0.3 is 0 Å². The van der Waals surface area contributed by atoms with E-state index in [1.807, 2.05) is 24.5 Å². The van der Waals surface area contributed by atoms with Crippen molar-refractivity contribution in [2.45, 2.75) is 26.8 Å². The Morgan fingerprint density at radius 3 is 2.69 bits per heavy atom. The monoisotopic (exact) mass is 222 g/mol. The van der Waals surface area contributed by atoms with Gasteiger partial charge in [0.2, 0.25) is 0 Å². The number of hydrogen-bond donors (Lipinski definition) is 1. The maximum Gasteiger partial charge on any atom is 0.0591 e. The van der Waals surface area contributed by atoms with E-state index in [9.17, 15) is 0 Å². The van der Waals surface area contributed by atoms with Gasteiger partial charge in [0.05, 0.1) is 6.61 Å². The molecule has 1 rings (SSSR count). The van der Waals surface area contributed by atoms with Crippen LogP contribution in [0, 0.1) is 5.92 Å². The highest BCUT2D eigenvalue weighted by Crippen LogP contribution is 1.98. The van der Waals surface area contributed by atoms with Crippen molar-refractivity contribution in [3.05, 3.63) is 30.1 Å². The zero-order chi connectivity index (χ0) is 11.6. The maximum absolute atomic E-state index is 5.51. The summed E-state index contributed by atoms with van der Waals surface area (Å²) in [6.07, 6.45) is 4.77. The highest BCUT2D eigenvalue weighted by atomic mass is 16.5. The normalized spacial score (nSPS) is 10.9. The summed E-state index contributed by atoms with van der Waals surface area (Å²) in [5.41, 5.74) is 1.26. The van der Waals surface area contributed by atoms with Crippen LogP contribution in [0.3, 0.4) is 0 Å². The van der Waals surface area contributed by atoms with Gasteiger partial charge in [-0.3, -0.25) is 4.98 Å². The average molecular weight is 222 g/mol. The highest BCUT2D eigenvalue weighted by Gasteiger charge is 1.94. The summed E-state index contributed by atoms with van der Waals surface area (Å²) < 4.78 is 5.51. The molecule has 0 aliphatic rings. The molecule has 0 atom stereocenters. The Morgan fingerprint density at radius 1 is 1.25 bits per heavy atom. The molecule has 0 saturated heterocycles. The summed E-state index contributed by atoms with van der Waals surface area (Å²) in [5.74, 6) is 0.727. The predicted molar refractivity (Wildman–Crippen MR) is 66.2 cm³/mol. The molecule has 0 amide bonds. The van der Waals surface area contributed by atoms with E-state index in [0.717, 1.165) is 38.6 Å². The Labute approximate surface area is 98.2 Å². The second-order valence-electron chi connectivity index (χ2n) is 4.33. The molecule has 1 aromatic heterocycles. The Hall–Kier alpha value is -0.930. The van der Waals surface area contributed by atoms with Gasteiger partial charge in [0.1, 0.15) is 0 Å². The van der Waals surface area contributed by atoms with Crippen molar-refractivity contribution in [1.82, 2.24) is 10.3 Å². The first-order chi connectivity index (χ1) is 7.79. The predicted octanol–water partition coefficient (Wildman–Crippen LogP) is 2.23. The number of nitrogens with one attached hydrogen (secondary N) is 1. The maximum atomic E-state index is 5.51. The van der Waals surface area contributed by atoms with Gasteiger partial charge in [-0.15, -0.1) is 0 Å². The molecule has 16 heavy (non-hydrogen) atoms. The van der Waals surface area contributed by atoms with Crippen molar-refractivity contribution in [2.24, 2.45) is 5.92 Å². The molecule has 0 aromatic carbocycles. The molecule has 0 fully saturated rings. The van der Waals surface area contributed by atoms with Gasteiger partial charge in [-0.1, -0.05) is 13.8 Å². The highest BCUT2D eigenvalue weighted by molar-refractivity contribution is 5.08. The van der Waals surface area contributed by atoms with Gasteiger partial charge in [0, 0.05) is 32.1 Å². The number of pyridine rings is 1. The van der Waals surface area contributed by atoms with E-state index in [0.29, 0.717) is 0 Å². The molecule has 1 aromatic rings. The quantitative estimate of drug-likeness (QED) is 0.685. The number of nitrogens with zero attached hydrogens (tertiary/aromatic N) is 1. The van der Waals surface area contributed by atoms with E-state index in [1.54, 1.807) is 0 Å². The fraction of sp³-hybridized carbons (Fsp3) is 0.615. The molecule has 0 saturated carbocycles. The van der Waals surface area contributed by atoms with Crippen LogP contribution in [0.1, 0.15) is 25.8 Å². The Kier molecular flexibility index (Phi) is 6.77. The van der Waals surface area contributed by atoms with Gasteiger partial charge in [0.15, 0.2) is 0 Å². The molecule has 0 spiro atoms. The van der Waals surface area contributed by atoms with E-state index < -0.39 is 0 Å². The third kappa shape index (κ3) is 6.53. The largest absolute Gasteiger partial charge is 0.380 e. The molecule has 1 heterocycles. The van der Waals surface area contributed by atoms with Crippen LogP contribution in [0.4, 0.5) is 0 Å². The first-order valence-electron chi connectivity index (χ1n) is 5.96. The van der Waals surface area contributed by atoms with Crippen molar-refractivity contribution in [2.75, 3.05) is 19.8 Å². The van der Waals surface area contributed by atoms with E-state index in [4.69, 9.17) is 4.74 Å². The van der Waals surface area contributed by atoms with Gasteiger partial charge in [-0.2, -0.15) is 0 Å². The molecule has 0 radical (unpaired) electrons. The van der Waals surface area contributed by atoms with Crippen LogP contribution in [0.5, 0.6) is 0 Å². The smallest absolute Gasteiger partial charge is 0.0591 e. The van der Waals surface area contributed by atoms with E-state index >= 15 is 0 Å². The SMILES string of the molecule is CC(C)CCOCCNCc1ccncc1. The number of hydrogen-bond acceptors (Lipinski definition) is 3. The second-order valence-corrected chi connectivity index (χ2v) is 4.33. The first kappa shape index (κ1) is 13.1. The van der Waals surface area contributed by atoms with Crippen molar-refractivity contribution in [1.29, 1.82) is 0 Å². The summed E-state index contributed by atoms with van der Waals surface area (Å²) in [7, 11) is 0. The van der Waals surface area contributed by atoms with Crippen LogP contribution in [0.15, 0.2) is 24.5 Å². The Morgan fingerprint density at radius 2 is 2.00 bits per heavy atom. The number of aromatic nitrogens is 1. The number of rotatable bonds is 8. The van der Waals surface area contributed by atoms with Crippen molar-refractivity contribution < 1.29 is 4.74 Å². The molecular weight excluding hydrogens is 200 g/mol. The summed E-state index contributed by atoms with van der Waals surface area (Å²) in [6, 6.07) is 4.04. The zero-order valence-electron chi connectivity index (χ0n) is 10.3. The van der Waals surface area contributed by atoms with Gasteiger partial charge in [-0.25, -0.2) is 0 Å². The lowest BCUT2D eigenvalue weighted by molar-refractivity contribution is 0.125. The molecule has 0 unspecified atom stereocenters. The van der Waals surface area contributed by atoms with Crippen molar-refractivity contribution in [3.8, 4) is 0 Å². The summed E-state index contributed by atoms with van der Waals surface area (Å²) >= 11 is 0. The van der Waals surface area contributed by atoms with Gasteiger partial charge in [-0.05, 0) is 30.0 Å². The van der Waals surface area contributed by atoms with Crippen molar-refractivity contribution in [3.63, 3.8) is 0 Å². The van der Waals surface area contributed by atoms with Gasteiger partial charge < -0.3 is 10.1 Å². The average Bonchev–Trinajstić information content (AvgIpc) is 2.29. The lowest BCUT2D eigenvalue weighted by atomic mass is 10.1. The van der Waals surface area contributed by atoms with E-state index in [1.165, 1.54) is 5.56 Å². The molecule has 3 heteroatoms. The summed E-state index contributed by atoms with van der Waals surface area (Å²) in [5, 5.41) is 3.34. The van der Waals surface area contributed by atoms with Crippen LogP contribution in [0.25, 0.3) is 0 Å². The van der Waals surface area contributed by atoms with Crippen LogP contribution >= 0.6 is 0 Å². The van der Waals surface area contributed by atoms with Gasteiger partial charge in [0.25, 0.3) is 0 Å². The molecule has 90 valence electrons. The van der Waals surface area contributed by atoms with Crippen molar-refractivity contribution >= 4 is 0 Å². The topological polar surface area (TPSA) is 34.1 Å².